The van der Waals surface area contributed by atoms with Gasteiger partial charge in [-0.25, -0.2) is 13.6 Å². The Kier molecular flexibility index (Phi) is 2.95. The lowest BCUT2D eigenvalue weighted by atomic mass is 10.2. The Hall–Kier alpha value is -1.73. The van der Waals surface area contributed by atoms with Gasteiger partial charge >= 0.3 is 0 Å². The molecular formula is C10H11N3O3S. The number of hydrogen-bond acceptors (Lipinski definition) is 5. The van der Waals surface area contributed by atoms with Crippen LogP contribution >= 0.6 is 0 Å². The van der Waals surface area contributed by atoms with Crippen molar-refractivity contribution in [2.45, 2.75) is 18.2 Å². The van der Waals surface area contributed by atoms with Crippen molar-refractivity contribution in [3.8, 4) is 11.5 Å². The smallest absolute Gasteiger partial charge is 0.249 e. The second-order valence-corrected chi connectivity index (χ2v) is 4.93. The van der Waals surface area contributed by atoms with E-state index in [9.17, 15) is 8.42 Å². The fraction of sp³-hybridized carbons (Fsp3) is 0.200. The zero-order chi connectivity index (χ0) is 12.5. The van der Waals surface area contributed by atoms with Gasteiger partial charge in [-0.1, -0.05) is 19.1 Å². The molecule has 0 aliphatic heterocycles. The third-order valence-corrected chi connectivity index (χ3v) is 3.16. The van der Waals surface area contributed by atoms with Crippen LogP contribution in [0, 0.1) is 0 Å². The lowest BCUT2D eigenvalue weighted by Crippen LogP contribution is -2.13. The molecule has 0 aliphatic rings. The van der Waals surface area contributed by atoms with Crippen LogP contribution < -0.4 is 5.14 Å². The highest BCUT2D eigenvalue weighted by molar-refractivity contribution is 7.89. The van der Waals surface area contributed by atoms with Gasteiger partial charge in [0.05, 0.1) is 10.5 Å². The van der Waals surface area contributed by atoms with Crippen molar-refractivity contribution in [2.75, 3.05) is 0 Å². The molecule has 2 N–H and O–H groups in total. The molecule has 0 spiro atoms. The summed E-state index contributed by atoms with van der Waals surface area (Å²) in [6.45, 7) is 1.86. The minimum absolute atomic E-state index is 0.0219. The van der Waals surface area contributed by atoms with Crippen molar-refractivity contribution >= 4 is 10.0 Å². The number of nitrogens with zero attached hydrogens (tertiary/aromatic N) is 2. The van der Waals surface area contributed by atoms with E-state index in [-0.39, 0.29) is 10.8 Å². The molecule has 1 aromatic heterocycles. The molecule has 17 heavy (non-hydrogen) atoms. The SMILES string of the molecule is CCc1nnc(-c2ccccc2S(N)(=O)=O)o1. The van der Waals surface area contributed by atoms with Crippen molar-refractivity contribution in [2.24, 2.45) is 5.14 Å². The van der Waals surface area contributed by atoms with E-state index in [0.717, 1.165) is 0 Å². The van der Waals surface area contributed by atoms with E-state index < -0.39 is 10.0 Å². The number of rotatable bonds is 3. The Morgan fingerprint density at radius 1 is 1.29 bits per heavy atom. The van der Waals surface area contributed by atoms with Crippen LogP contribution in [0.5, 0.6) is 0 Å². The number of aryl methyl sites for hydroxylation is 1. The van der Waals surface area contributed by atoms with Gasteiger partial charge in [-0.3, -0.25) is 0 Å². The zero-order valence-corrected chi connectivity index (χ0v) is 9.94. The first-order valence-corrected chi connectivity index (χ1v) is 6.51. The Labute approximate surface area is 98.5 Å². The van der Waals surface area contributed by atoms with Crippen molar-refractivity contribution < 1.29 is 12.8 Å². The van der Waals surface area contributed by atoms with E-state index in [2.05, 4.69) is 10.2 Å². The number of primary sulfonamides is 1. The molecular weight excluding hydrogens is 242 g/mol. The van der Waals surface area contributed by atoms with Crippen molar-refractivity contribution in [3.63, 3.8) is 0 Å². The highest BCUT2D eigenvalue weighted by Crippen LogP contribution is 2.25. The monoisotopic (exact) mass is 253 g/mol. The second kappa shape index (κ2) is 4.27. The Bertz CT molecular complexity index is 634. The molecule has 1 aromatic carbocycles. The molecule has 0 bridgehead atoms. The molecule has 0 saturated carbocycles. The molecule has 0 unspecified atom stereocenters. The van der Waals surface area contributed by atoms with Gasteiger partial charge in [0, 0.05) is 6.42 Å². The van der Waals surface area contributed by atoms with Gasteiger partial charge in [0.2, 0.25) is 21.8 Å². The highest BCUT2D eigenvalue weighted by atomic mass is 32.2. The van der Waals surface area contributed by atoms with Crippen LogP contribution in [-0.4, -0.2) is 18.6 Å². The summed E-state index contributed by atoms with van der Waals surface area (Å²) in [5.74, 6) is 0.607. The minimum Gasteiger partial charge on any atom is -0.421 e. The first-order chi connectivity index (χ1) is 8.02. The van der Waals surface area contributed by atoms with Crippen LogP contribution in [0.15, 0.2) is 33.6 Å². The van der Waals surface area contributed by atoms with E-state index in [4.69, 9.17) is 9.56 Å². The number of aromatic nitrogens is 2. The molecule has 90 valence electrons. The van der Waals surface area contributed by atoms with Gasteiger partial charge in [-0.05, 0) is 12.1 Å². The molecule has 7 heteroatoms. The zero-order valence-electron chi connectivity index (χ0n) is 9.12. The molecule has 2 rings (SSSR count). The largest absolute Gasteiger partial charge is 0.421 e. The maximum atomic E-state index is 11.4. The molecule has 0 atom stereocenters. The van der Waals surface area contributed by atoms with Gasteiger partial charge in [0.25, 0.3) is 0 Å². The molecule has 2 aromatic rings. The molecule has 6 nitrogen and oxygen atoms in total. The van der Waals surface area contributed by atoms with Crippen LogP contribution in [0.4, 0.5) is 0 Å². The predicted octanol–water partition coefficient (Wildman–Crippen LogP) is 0.946. The first kappa shape index (κ1) is 11.7. The van der Waals surface area contributed by atoms with E-state index in [0.29, 0.717) is 17.9 Å². The first-order valence-electron chi connectivity index (χ1n) is 4.97. The highest BCUT2D eigenvalue weighted by Gasteiger charge is 2.18. The van der Waals surface area contributed by atoms with E-state index >= 15 is 0 Å². The Morgan fingerprint density at radius 3 is 2.59 bits per heavy atom. The van der Waals surface area contributed by atoms with Crippen LogP contribution in [0.3, 0.4) is 0 Å². The molecule has 0 aliphatic carbocycles. The topological polar surface area (TPSA) is 99.1 Å². The average Bonchev–Trinajstić information content (AvgIpc) is 2.76. The Balaban J connectivity index is 2.60. The number of hydrogen-bond donors (Lipinski definition) is 1. The molecule has 1 heterocycles. The third-order valence-electron chi connectivity index (χ3n) is 2.19. The van der Waals surface area contributed by atoms with E-state index in [1.165, 1.54) is 6.07 Å². The third kappa shape index (κ3) is 2.34. The van der Waals surface area contributed by atoms with Crippen LogP contribution in [-0.2, 0) is 16.4 Å². The maximum absolute atomic E-state index is 11.4. The second-order valence-electron chi connectivity index (χ2n) is 3.40. The molecule has 0 saturated heterocycles. The van der Waals surface area contributed by atoms with Crippen LogP contribution in [0.2, 0.25) is 0 Å². The van der Waals surface area contributed by atoms with Crippen molar-refractivity contribution in [1.29, 1.82) is 0 Å². The summed E-state index contributed by atoms with van der Waals surface area (Å²) in [6, 6.07) is 6.24. The standard InChI is InChI=1S/C10H11N3O3S/c1-2-9-12-13-10(16-9)7-5-3-4-6-8(7)17(11,14)15/h3-6H,2H2,1H3,(H2,11,14,15). The molecule has 0 radical (unpaired) electrons. The maximum Gasteiger partial charge on any atom is 0.249 e. The summed E-state index contributed by atoms with van der Waals surface area (Å²) in [5, 5.41) is 12.7. The number of nitrogens with two attached hydrogens (primary N) is 1. The van der Waals surface area contributed by atoms with E-state index in [1.54, 1.807) is 18.2 Å². The number of sulfonamides is 1. The number of benzene rings is 1. The van der Waals surface area contributed by atoms with Gasteiger partial charge in [-0.2, -0.15) is 0 Å². The van der Waals surface area contributed by atoms with E-state index in [1.807, 2.05) is 6.92 Å². The summed E-state index contributed by atoms with van der Waals surface area (Å²) in [4.78, 5) is -0.0219. The van der Waals surface area contributed by atoms with Gasteiger partial charge < -0.3 is 4.42 Å². The Morgan fingerprint density at radius 2 is 2.00 bits per heavy atom. The lowest BCUT2D eigenvalue weighted by Gasteiger charge is -2.02. The fourth-order valence-electron chi connectivity index (χ4n) is 1.40. The summed E-state index contributed by atoms with van der Waals surface area (Å²) in [6.07, 6.45) is 0.588. The average molecular weight is 253 g/mol. The molecule has 0 fully saturated rings. The summed E-state index contributed by atoms with van der Waals surface area (Å²) >= 11 is 0. The quantitative estimate of drug-likeness (QED) is 0.877. The van der Waals surface area contributed by atoms with Crippen LogP contribution in [0.1, 0.15) is 12.8 Å². The minimum atomic E-state index is -3.81. The summed E-state index contributed by atoms with van der Waals surface area (Å²) < 4.78 is 28.1. The van der Waals surface area contributed by atoms with Crippen molar-refractivity contribution in [1.82, 2.24) is 10.2 Å². The lowest BCUT2D eigenvalue weighted by molar-refractivity contribution is 0.511. The fourth-order valence-corrected chi connectivity index (χ4v) is 2.13. The summed E-state index contributed by atoms with van der Waals surface area (Å²) in [7, 11) is -3.81. The van der Waals surface area contributed by atoms with Gasteiger partial charge in [0.1, 0.15) is 0 Å². The van der Waals surface area contributed by atoms with Crippen molar-refractivity contribution in [3.05, 3.63) is 30.2 Å². The van der Waals surface area contributed by atoms with Crippen LogP contribution in [0.25, 0.3) is 11.5 Å². The summed E-state index contributed by atoms with van der Waals surface area (Å²) in [5.41, 5.74) is 0.321. The molecule has 0 amide bonds. The van der Waals surface area contributed by atoms with Gasteiger partial charge in [-0.15, -0.1) is 10.2 Å². The predicted molar refractivity (Wildman–Crippen MR) is 60.5 cm³/mol. The van der Waals surface area contributed by atoms with Gasteiger partial charge in [0.15, 0.2) is 0 Å². The normalized spacial score (nSPS) is 11.6.